The second-order valence-electron chi connectivity index (χ2n) is 5.31. The van der Waals surface area contributed by atoms with Crippen LogP contribution in [-0.2, 0) is 4.74 Å². The normalized spacial score (nSPS) is 22.2. The van der Waals surface area contributed by atoms with Gasteiger partial charge < -0.3 is 15.8 Å². The van der Waals surface area contributed by atoms with Crippen molar-refractivity contribution >= 4 is 11.4 Å². The average molecular weight is 266 g/mol. The molecule has 0 aromatic heterocycles. The summed E-state index contributed by atoms with van der Waals surface area (Å²) >= 11 is 0. The highest BCUT2D eigenvalue weighted by atomic mass is 19.1. The Morgan fingerprint density at radius 3 is 2.79 bits per heavy atom. The molecule has 1 aliphatic rings. The minimum Gasteiger partial charge on any atom is -0.399 e. The van der Waals surface area contributed by atoms with Gasteiger partial charge in [-0.15, -0.1) is 0 Å². The quantitative estimate of drug-likeness (QED) is 0.819. The Morgan fingerprint density at radius 2 is 2.16 bits per heavy atom. The maximum absolute atomic E-state index is 13.8. The summed E-state index contributed by atoms with van der Waals surface area (Å²) in [5.74, 6) is -0.287. The molecular formula is C15H23FN2O. The zero-order valence-electron chi connectivity index (χ0n) is 11.7. The Hall–Kier alpha value is -1.29. The molecule has 1 atom stereocenters. The monoisotopic (exact) mass is 266 g/mol. The van der Waals surface area contributed by atoms with E-state index in [4.69, 9.17) is 10.5 Å². The van der Waals surface area contributed by atoms with Crippen molar-refractivity contribution in [2.24, 2.45) is 0 Å². The van der Waals surface area contributed by atoms with Crippen molar-refractivity contribution in [3.05, 3.63) is 24.0 Å². The Kier molecular flexibility index (Phi) is 4.30. The number of benzene rings is 1. The maximum Gasteiger partial charge on any atom is 0.148 e. The zero-order chi connectivity index (χ0) is 13.9. The fourth-order valence-corrected chi connectivity index (χ4v) is 2.76. The number of rotatable bonds is 4. The van der Waals surface area contributed by atoms with E-state index in [2.05, 4.69) is 19.2 Å². The lowest BCUT2D eigenvalue weighted by atomic mass is 9.86. The van der Waals surface area contributed by atoms with Crippen LogP contribution in [0.5, 0.6) is 0 Å². The third-order valence-electron chi connectivity index (χ3n) is 4.13. The van der Waals surface area contributed by atoms with Crippen molar-refractivity contribution < 1.29 is 9.13 Å². The standard InChI is InChI=1S/C15H23FN2O/c1-3-15(4-2)10-12(7-8-19-15)18-14-6-5-11(17)9-13(14)16/h5-6,9,12,18H,3-4,7-8,10,17H2,1-2H3. The zero-order valence-corrected chi connectivity index (χ0v) is 11.7. The van der Waals surface area contributed by atoms with Crippen molar-refractivity contribution in [3.8, 4) is 0 Å². The fourth-order valence-electron chi connectivity index (χ4n) is 2.76. The van der Waals surface area contributed by atoms with Crippen molar-refractivity contribution in [3.63, 3.8) is 0 Å². The molecule has 19 heavy (non-hydrogen) atoms. The summed E-state index contributed by atoms with van der Waals surface area (Å²) in [5.41, 5.74) is 6.48. The van der Waals surface area contributed by atoms with Crippen molar-refractivity contribution in [2.75, 3.05) is 17.7 Å². The van der Waals surface area contributed by atoms with Crippen molar-refractivity contribution in [1.82, 2.24) is 0 Å². The molecule has 4 heteroatoms. The number of nitrogen functional groups attached to an aromatic ring is 1. The molecule has 0 amide bonds. The molecule has 106 valence electrons. The highest BCUT2D eigenvalue weighted by Crippen LogP contribution is 2.33. The van der Waals surface area contributed by atoms with Crippen LogP contribution in [0.25, 0.3) is 0 Å². The number of nitrogens with two attached hydrogens (primary N) is 1. The Bertz CT molecular complexity index is 432. The number of hydrogen-bond acceptors (Lipinski definition) is 3. The fraction of sp³-hybridized carbons (Fsp3) is 0.600. The lowest BCUT2D eigenvalue weighted by Gasteiger charge is -2.40. The predicted octanol–water partition coefficient (Wildman–Crippen LogP) is 3.56. The summed E-state index contributed by atoms with van der Waals surface area (Å²) in [5, 5.41) is 3.29. The molecule has 2 rings (SSSR count). The van der Waals surface area contributed by atoms with Gasteiger partial charge in [0.15, 0.2) is 0 Å². The Balaban J connectivity index is 2.06. The van der Waals surface area contributed by atoms with E-state index in [0.717, 1.165) is 32.3 Å². The Labute approximate surface area is 114 Å². The van der Waals surface area contributed by atoms with Gasteiger partial charge in [0.05, 0.1) is 11.3 Å². The van der Waals surface area contributed by atoms with E-state index in [9.17, 15) is 4.39 Å². The third kappa shape index (κ3) is 3.18. The van der Waals surface area contributed by atoms with Crippen LogP contribution >= 0.6 is 0 Å². The molecule has 1 unspecified atom stereocenters. The average Bonchev–Trinajstić information content (AvgIpc) is 2.42. The van der Waals surface area contributed by atoms with Crippen LogP contribution in [0.3, 0.4) is 0 Å². The van der Waals surface area contributed by atoms with Gasteiger partial charge in [-0.1, -0.05) is 13.8 Å². The van der Waals surface area contributed by atoms with Crippen LogP contribution in [0.1, 0.15) is 39.5 Å². The highest BCUT2D eigenvalue weighted by Gasteiger charge is 2.34. The van der Waals surface area contributed by atoms with Gasteiger partial charge in [0, 0.05) is 18.3 Å². The van der Waals surface area contributed by atoms with Gasteiger partial charge in [0.25, 0.3) is 0 Å². The number of anilines is 2. The van der Waals surface area contributed by atoms with Crippen LogP contribution in [0.4, 0.5) is 15.8 Å². The first-order valence-corrected chi connectivity index (χ1v) is 7.04. The molecule has 1 saturated heterocycles. The number of ether oxygens (including phenoxy) is 1. The molecule has 3 N–H and O–H groups in total. The second kappa shape index (κ2) is 5.78. The van der Waals surface area contributed by atoms with E-state index >= 15 is 0 Å². The molecule has 3 nitrogen and oxygen atoms in total. The van der Waals surface area contributed by atoms with Gasteiger partial charge >= 0.3 is 0 Å². The van der Waals surface area contributed by atoms with Gasteiger partial charge in [0.1, 0.15) is 5.82 Å². The van der Waals surface area contributed by atoms with E-state index in [0.29, 0.717) is 11.4 Å². The van der Waals surface area contributed by atoms with Gasteiger partial charge in [-0.25, -0.2) is 4.39 Å². The first-order chi connectivity index (χ1) is 9.08. The molecule has 0 aliphatic carbocycles. The predicted molar refractivity (Wildman–Crippen MR) is 76.7 cm³/mol. The molecule has 1 aliphatic heterocycles. The van der Waals surface area contributed by atoms with E-state index in [1.165, 1.54) is 6.07 Å². The third-order valence-corrected chi connectivity index (χ3v) is 4.13. The van der Waals surface area contributed by atoms with Crippen LogP contribution < -0.4 is 11.1 Å². The molecule has 0 saturated carbocycles. The lowest BCUT2D eigenvalue weighted by Crippen LogP contribution is -2.43. The highest BCUT2D eigenvalue weighted by molar-refractivity contribution is 5.53. The van der Waals surface area contributed by atoms with Crippen LogP contribution in [0.2, 0.25) is 0 Å². The molecular weight excluding hydrogens is 243 g/mol. The summed E-state index contributed by atoms with van der Waals surface area (Å²) < 4.78 is 19.7. The van der Waals surface area contributed by atoms with Crippen LogP contribution in [0.15, 0.2) is 18.2 Å². The minimum atomic E-state index is -0.287. The van der Waals surface area contributed by atoms with Crippen LogP contribution in [-0.4, -0.2) is 18.2 Å². The van der Waals surface area contributed by atoms with Gasteiger partial charge in [-0.05, 0) is 43.9 Å². The van der Waals surface area contributed by atoms with E-state index < -0.39 is 0 Å². The SMILES string of the molecule is CCC1(CC)CC(Nc2ccc(N)cc2F)CCO1. The van der Waals surface area contributed by atoms with Crippen molar-refractivity contribution in [2.45, 2.75) is 51.2 Å². The smallest absolute Gasteiger partial charge is 0.148 e. The summed E-state index contributed by atoms with van der Waals surface area (Å²) in [6, 6.07) is 5.04. The molecule has 0 radical (unpaired) electrons. The lowest BCUT2D eigenvalue weighted by molar-refractivity contribution is -0.0864. The number of nitrogens with one attached hydrogen (secondary N) is 1. The molecule has 1 aromatic rings. The summed E-state index contributed by atoms with van der Waals surface area (Å²) in [6.07, 6.45) is 3.81. The summed E-state index contributed by atoms with van der Waals surface area (Å²) in [6.45, 7) is 5.03. The molecule has 0 bridgehead atoms. The molecule has 0 spiro atoms. The molecule has 1 aromatic carbocycles. The molecule has 1 heterocycles. The Morgan fingerprint density at radius 1 is 1.42 bits per heavy atom. The number of halogens is 1. The first-order valence-electron chi connectivity index (χ1n) is 7.04. The van der Waals surface area contributed by atoms with Gasteiger partial charge in [-0.3, -0.25) is 0 Å². The number of hydrogen-bond donors (Lipinski definition) is 2. The summed E-state index contributed by atoms with van der Waals surface area (Å²) in [7, 11) is 0. The van der Waals surface area contributed by atoms with Gasteiger partial charge in [-0.2, -0.15) is 0 Å². The maximum atomic E-state index is 13.8. The topological polar surface area (TPSA) is 47.3 Å². The van der Waals surface area contributed by atoms with E-state index in [-0.39, 0.29) is 17.5 Å². The first kappa shape index (κ1) is 14.1. The summed E-state index contributed by atoms with van der Waals surface area (Å²) in [4.78, 5) is 0. The second-order valence-corrected chi connectivity index (χ2v) is 5.31. The van der Waals surface area contributed by atoms with E-state index in [1.807, 2.05) is 0 Å². The largest absolute Gasteiger partial charge is 0.399 e. The van der Waals surface area contributed by atoms with Crippen molar-refractivity contribution in [1.29, 1.82) is 0 Å². The molecule has 1 fully saturated rings. The van der Waals surface area contributed by atoms with Gasteiger partial charge in [0.2, 0.25) is 0 Å². The minimum absolute atomic E-state index is 0.0554. The van der Waals surface area contributed by atoms with Crippen LogP contribution in [0, 0.1) is 5.82 Å². The van der Waals surface area contributed by atoms with E-state index in [1.54, 1.807) is 12.1 Å².